The van der Waals surface area contributed by atoms with Gasteiger partial charge in [0.15, 0.2) is 0 Å². The third-order valence-corrected chi connectivity index (χ3v) is 4.98. The van der Waals surface area contributed by atoms with Crippen LogP contribution in [0.3, 0.4) is 0 Å². The van der Waals surface area contributed by atoms with Gasteiger partial charge >= 0.3 is 0 Å². The molecule has 0 saturated heterocycles. The largest absolute Gasteiger partial charge is 0.282 e. The smallest absolute Gasteiger partial charge is 0.258 e. The Kier molecular flexibility index (Phi) is 4.20. The van der Waals surface area contributed by atoms with Crippen molar-refractivity contribution in [2.24, 2.45) is 0 Å². The van der Waals surface area contributed by atoms with Crippen LogP contribution in [0, 0.1) is 10.1 Å². The molecule has 0 aliphatic heterocycles. The van der Waals surface area contributed by atoms with E-state index in [2.05, 4.69) is 15.9 Å². The van der Waals surface area contributed by atoms with Crippen LogP contribution in [-0.2, 0) is 5.75 Å². The van der Waals surface area contributed by atoms with Gasteiger partial charge in [-0.05, 0) is 34.1 Å². The lowest BCUT2D eigenvalue weighted by molar-refractivity contribution is -0.387. The summed E-state index contributed by atoms with van der Waals surface area (Å²) in [6.07, 6.45) is 0. The number of hydrogen-bond donors (Lipinski definition) is 0. The van der Waals surface area contributed by atoms with Crippen LogP contribution < -0.4 is 0 Å². The Hall–Kier alpha value is -0.850. The maximum Gasteiger partial charge on any atom is 0.282 e. The molecular formula is C11H8BrNO2S2. The quantitative estimate of drug-likeness (QED) is 0.463. The maximum absolute atomic E-state index is 10.8. The Morgan fingerprint density at radius 3 is 2.71 bits per heavy atom. The standard InChI is InChI=1S/C11H8BrNO2S2/c12-11-6-5-8(17-11)7-16-10-4-2-1-3-9(10)13(14)15/h1-6H,7H2. The van der Waals surface area contributed by atoms with E-state index in [0.717, 1.165) is 9.54 Å². The van der Waals surface area contributed by atoms with E-state index in [-0.39, 0.29) is 10.6 Å². The number of thioether (sulfide) groups is 1. The molecule has 1 aromatic heterocycles. The van der Waals surface area contributed by atoms with E-state index >= 15 is 0 Å². The van der Waals surface area contributed by atoms with E-state index in [0.29, 0.717) is 4.90 Å². The van der Waals surface area contributed by atoms with Crippen LogP contribution in [0.1, 0.15) is 4.88 Å². The highest BCUT2D eigenvalue weighted by Gasteiger charge is 2.12. The van der Waals surface area contributed by atoms with E-state index in [4.69, 9.17) is 0 Å². The summed E-state index contributed by atoms with van der Waals surface area (Å²) >= 11 is 6.53. The molecule has 0 N–H and O–H groups in total. The molecule has 0 amide bonds. The van der Waals surface area contributed by atoms with Gasteiger partial charge in [0.2, 0.25) is 0 Å². The summed E-state index contributed by atoms with van der Waals surface area (Å²) in [7, 11) is 0. The van der Waals surface area contributed by atoms with Crippen LogP contribution in [-0.4, -0.2) is 4.92 Å². The SMILES string of the molecule is O=[N+]([O-])c1ccccc1SCc1ccc(Br)s1. The number of benzene rings is 1. The summed E-state index contributed by atoms with van der Waals surface area (Å²) in [6, 6.07) is 10.8. The molecule has 2 rings (SSSR count). The highest BCUT2D eigenvalue weighted by molar-refractivity contribution is 9.11. The topological polar surface area (TPSA) is 43.1 Å². The number of halogens is 1. The fraction of sp³-hybridized carbons (Fsp3) is 0.0909. The predicted octanol–water partition coefficient (Wildman–Crippen LogP) is 4.71. The number of rotatable bonds is 4. The molecule has 2 aromatic rings. The molecule has 3 nitrogen and oxygen atoms in total. The van der Waals surface area contributed by atoms with Crippen LogP contribution in [0.4, 0.5) is 5.69 Å². The normalized spacial score (nSPS) is 10.4. The van der Waals surface area contributed by atoms with Gasteiger partial charge in [0.05, 0.1) is 13.6 Å². The van der Waals surface area contributed by atoms with Gasteiger partial charge in [-0.15, -0.1) is 23.1 Å². The molecule has 0 radical (unpaired) electrons. The summed E-state index contributed by atoms with van der Waals surface area (Å²) < 4.78 is 1.08. The van der Waals surface area contributed by atoms with Gasteiger partial charge in [-0.25, -0.2) is 0 Å². The summed E-state index contributed by atoms with van der Waals surface area (Å²) in [5.74, 6) is 0.751. The zero-order valence-corrected chi connectivity index (χ0v) is 11.8. The third-order valence-electron chi connectivity index (χ3n) is 2.06. The van der Waals surface area contributed by atoms with E-state index in [9.17, 15) is 10.1 Å². The highest BCUT2D eigenvalue weighted by atomic mass is 79.9. The second kappa shape index (κ2) is 5.66. The van der Waals surface area contributed by atoms with Gasteiger partial charge in [0, 0.05) is 16.7 Å². The first-order chi connectivity index (χ1) is 8.16. The molecule has 0 atom stereocenters. The van der Waals surface area contributed by atoms with Crippen molar-refractivity contribution in [3.8, 4) is 0 Å². The second-order valence-electron chi connectivity index (χ2n) is 3.22. The Labute approximate surface area is 115 Å². The van der Waals surface area contributed by atoms with E-state index in [1.807, 2.05) is 18.2 Å². The lowest BCUT2D eigenvalue weighted by Gasteiger charge is -2.00. The summed E-state index contributed by atoms with van der Waals surface area (Å²) in [4.78, 5) is 12.4. The van der Waals surface area contributed by atoms with E-state index in [1.165, 1.54) is 22.7 Å². The molecule has 0 saturated carbocycles. The van der Waals surface area contributed by atoms with Gasteiger partial charge in [-0.3, -0.25) is 10.1 Å². The third kappa shape index (κ3) is 3.31. The second-order valence-corrected chi connectivity index (χ2v) is 6.78. The average Bonchev–Trinajstić information content (AvgIpc) is 2.73. The van der Waals surface area contributed by atoms with Crippen molar-refractivity contribution >= 4 is 44.7 Å². The van der Waals surface area contributed by atoms with Crippen LogP contribution in [0.25, 0.3) is 0 Å². The molecule has 0 aliphatic rings. The minimum atomic E-state index is -0.341. The van der Waals surface area contributed by atoms with Crippen molar-refractivity contribution in [3.05, 3.63) is 55.2 Å². The lowest BCUT2D eigenvalue weighted by atomic mass is 10.3. The predicted molar refractivity (Wildman–Crippen MR) is 74.7 cm³/mol. The summed E-state index contributed by atoms with van der Waals surface area (Å²) in [6.45, 7) is 0. The lowest BCUT2D eigenvalue weighted by Crippen LogP contribution is -1.90. The van der Waals surface area contributed by atoms with Gasteiger partial charge in [0.1, 0.15) is 0 Å². The van der Waals surface area contributed by atoms with E-state index < -0.39 is 0 Å². The number of hydrogen-bond acceptors (Lipinski definition) is 4. The number of thiophene rings is 1. The van der Waals surface area contributed by atoms with Crippen molar-refractivity contribution in [2.45, 2.75) is 10.6 Å². The maximum atomic E-state index is 10.8. The van der Waals surface area contributed by atoms with Gasteiger partial charge < -0.3 is 0 Å². The Balaban J connectivity index is 2.11. The van der Waals surface area contributed by atoms with Crippen molar-refractivity contribution in [3.63, 3.8) is 0 Å². The number of para-hydroxylation sites is 1. The molecule has 0 fully saturated rings. The summed E-state index contributed by atoms with van der Waals surface area (Å²) in [5.41, 5.74) is 0.174. The van der Waals surface area contributed by atoms with Crippen molar-refractivity contribution in [1.29, 1.82) is 0 Å². The molecule has 0 bridgehead atoms. The Morgan fingerprint density at radius 1 is 1.29 bits per heavy atom. The number of nitro benzene ring substituents is 1. The molecule has 0 aliphatic carbocycles. The van der Waals surface area contributed by atoms with Gasteiger partial charge in [-0.2, -0.15) is 0 Å². The summed E-state index contributed by atoms with van der Waals surface area (Å²) in [5, 5.41) is 10.8. The molecule has 17 heavy (non-hydrogen) atoms. The van der Waals surface area contributed by atoms with Crippen LogP contribution in [0.5, 0.6) is 0 Å². The Bertz CT molecular complexity index is 542. The first kappa shape index (κ1) is 12.6. The minimum Gasteiger partial charge on any atom is -0.258 e. The monoisotopic (exact) mass is 329 g/mol. The van der Waals surface area contributed by atoms with E-state index in [1.54, 1.807) is 23.5 Å². The fourth-order valence-electron chi connectivity index (χ4n) is 1.31. The van der Waals surface area contributed by atoms with Crippen molar-refractivity contribution in [2.75, 3.05) is 0 Å². The van der Waals surface area contributed by atoms with Gasteiger partial charge in [0.25, 0.3) is 5.69 Å². The minimum absolute atomic E-state index is 0.174. The van der Waals surface area contributed by atoms with Crippen molar-refractivity contribution < 1.29 is 4.92 Å². The van der Waals surface area contributed by atoms with Crippen LogP contribution in [0.15, 0.2) is 45.1 Å². The molecule has 0 spiro atoms. The molecule has 6 heteroatoms. The molecule has 1 heterocycles. The highest BCUT2D eigenvalue weighted by Crippen LogP contribution is 2.33. The zero-order chi connectivity index (χ0) is 12.3. The fourth-order valence-corrected chi connectivity index (χ4v) is 3.86. The zero-order valence-electron chi connectivity index (χ0n) is 8.63. The van der Waals surface area contributed by atoms with Gasteiger partial charge in [-0.1, -0.05) is 12.1 Å². The molecular weight excluding hydrogens is 322 g/mol. The number of nitro groups is 1. The molecule has 0 unspecified atom stereocenters. The van der Waals surface area contributed by atoms with Crippen LogP contribution in [0.2, 0.25) is 0 Å². The Morgan fingerprint density at radius 2 is 2.06 bits per heavy atom. The van der Waals surface area contributed by atoms with Crippen LogP contribution >= 0.6 is 39.0 Å². The molecule has 1 aromatic carbocycles. The molecule has 88 valence electrons. The number of nitrogens with zero attached hydrogens (tertiary/aromatic N) is 1. The average molecular weight is 330 g/mol. The van der Waals surface area contributed by atoms with Crippen molar-refractivity contribution in [1.82, 2.24) is 0 Å². The first-order valence-corrected chi connectivity index (χ1v) is 7.37. The first-order valence-electron chi connectivity index (χ1n) is 4.77.